The molecule has 3 N–H and O–H groups in total. The molecule has 1 atom stereocenters. The van der Waals surface area contributed by atoms with Crippen molar-refractivity contribution in [2.75, 3.05) is 4.90 Å². The van der Waals surface area contributed by atoms with E-state index in [2.05, 4.69) is 20.2 Å². The lowest BCUT2D eigenvalue weighted by atomic mass is 10.0. The van der Waals surface area contributed by atoms with Crippen molar-refractivity contribution in [1.82, 2.24) is 20.2 Å². The standard InChI is InChI=1S/C20H19N5O3/c1-3-11(2)25(20(27)28)19-21-15-9-8-12(10-16(15)22-19)17-13-6-4-5-7-14(13)18(26)24-23-17/h4-11H,3H2,1-2H3,(H,21,22)(H,24,26)(H,27,28). The maximum absolute atomic E-state index is 12.0. The van der Waals surface area contributed by atoms with Gasteiger partial charge in [-0.1, -0.05) is 31.2 Å². The lowest BCUT2D eigenvalue weighted by molar-refractivity contribution is 0.199. The molecule has 142 valence electrons. The van der Waals surface area contributed by atoms with Crippen LogP contribution in [0.15, 0.2) is 47.3 Å². The molecule has 0 fully saturated rings. The van der Waals surface area contributed by atoms with Gasteiger partial charge in [-0.05, 0) is 31.5 Å². The van der Waals surface area contributed by atoms with E-state index in [9.17, 15) is 14.7 Å². The fourth-order valence-electron chi connectivity index (χ4n) is 3.26. The molecule has 2 heterocycles. The van der Waals surface area contributed by atoms with Gasteiger partial charge in [-0.25, -0.2) is 19.8 Å². The number of H-pyrrole nitrogens is 2. The monoisotopic (exact) mass is 377 g/mol. The molecule has 0 bridgehead atoms. The van der Waals surface area contributed by atoms with Crippen LogP contribution in [0.2, 0.25) is 0 Å². The maximum Gasteiger partial charge on any atom is 0.414 e. The van der Waals surface area contributed by atoms with Crippen molar-refractivity contribution >= 4 is 33.8 Å². The van der Waals surface area contributed by atoms with Gasteiger partial charge >= 0.3 is 6.09 Å². The molecule has 2 aromatic heterocycles. The average Bonchev–Trinajstić information content (AvgIpc) is 3.10. The number of hydrogen-bond acceptors (Lipinski definition) is 4. The molecule has 0 saturated carbocycles. The molecule has 8 nitrogen and oxygen atoms in total. The highest BCUT2D eigenvalue weighted by Gasteiger charge is 2.23. The number of benzene rings is 2. The topological polar surface area (TPSA) is 115 Å². The highest BCUT2D eigenvalue weighted by atomic mass is 16.4. The van der Waals surface area contributed by atoms with Gasteiger partial charge in [-0.15, -0.1) is 0 Å². The first-order valence-corrected chi connectivity index (χ1v) is 8.99. The van der Waals surface area contributed by atoms with Crippen LogP contribution in [0.3, 0.4) is 0 Å². The number of hydrogen-bond donors (Lipinski definition) is 3. The SMILES string of the molecule is CCC(C)N(C(=O)O)c1nc2cc(-c3n[nH]c(=O)c4ccccc34)ccc2[nH]1. The predicted octanol–water partition coefficient (Wildman–Crippen LogP) is 3.75. The summed E-state index contributed by atoms with van der Waals surface area (Å²) in [5.41, 5.74) is 2.52. The van der Waals surface area contributed by atoms with Crippen LogP contribution in [0.25, 0.3) is 33.1 Å². The average molecular weight is 377 g/mol. The molecule has 2 aromatic carbocycles. The lowest BCUT2D eigenvalue weighted by Crippen LogP contribution is -2.38. The summed E-state index contributed by atoms with van der Waals surface area (Å²) in [5, 5.41) is 17.6. The van der Waals surface area contributed by atoms with Crippen LogP contribution >= 0.6 is 0 Å². The summed E-state index contributed by atoms with van der Waals surface area (Å²) in [6.45, 7) is 3.76. The molecule has 0 spiro atoms. The first kappa shape index (κ1) is 17.7. The van der Waals surface area contributed by atoms with E-state index >= 15 is 0 Å². The molecule has 0 aliphatic heterocycles. The summed E-state index contributed by atoms with van der Waals surface area (Å²) < 4.78 is 0. The Kier molecular flexibility index (Phi) is 4.31. The van der Waals surface area contributed by atoms with Crippen molar-refractivity contribution in [3.8, 4) is 11.3 Å². The predicted molar refractivity (Wildman–Crippen MR) is 108 cm³/mol. The summed E-state index contributed by atoms with van der Waals surface area (Å²) in [6, 6.07) is 12.6. The van der Waals surface area contributed by atoms with Crippen molar-refractivity contribution in [2.45, 2.75) is 26.3 Å². The minimum atomic E-state index is -1.05. The second-order valence-corrected chi connectivity index (χ2v) is 6.65. The smallest absolute Gasteiger partial charge is 0.414 e. The Hall–Kier alpha value is -3.68. The van der Waals surface area contributed by atoms with E-state index in [4.69, 9.17) is 0 Å². The van der Waals surface area contributed by atoms with E-state index in [0.29, 0.717) is 23.0 Å². The first-order chi connectivity index (χ1) is 13.5. The molecule has 4 rings (SSSR count). The third-order valence-electron chi connectivity index (χ3n) is 4.91. The summed E-state index contributed by atoms with van der Waals surface area (Å²) in [4.78, 5) is 32.5. The highest BCUT2D eigenvalue weighted by Crippen LogP contribution is 2.28. The van der Waals surface area contributed by atoms with Crippen molar-refractivity contribution in [1.29, 1.82) is 0 Å². The number of aromatic amines is 2. The number of imidazole rings is 1. The van der Waals surface area contributed by atoms with Gasteiger partial charge in [0, 0.05) is 17.0 Å². The van der Waals surface area contributed by atoms with E-state index in [1.165, 1.54) is 4.90 Å². The van der Waals surface area contributed by atoms with Crippen molar-refractivity contribution in [3.05, 3.63) is 52.8 Å². The van der Waals surface area contributed by atoms with Gasteiger partial charge in [0.2, 0.25) is 5.95 Å². The van der Waals surface area contributed by atoms with Crippen LogP contribution in [0.5, 0.6) is 0 Å². The quantitative estimate of drug-likeness (QED) is 0.501. The van der Waals surface area contributed by atoms with Crippen molar-refractivity contribution in [2.24, 2.45) is 0 Å². The number of rotatable bonds is 4. The Bertz CT molecular complexity index is 1240. The zero-order valence-corrected chi connectivity index (χ0v) is 15.4. The van der Waals surface area contributed by atoms with Crippen LogP contribution in [-0.2, 0) is 0 Å². The molecule has 0 aliphatic rings. The number of nitrogens with zero attached hydrogens (tertiary/aromatic N) is 3. The van der Waals surface area contributed by atoms with Crippen LogP contribution < -0.4 is 10.5 Å². The molecular weight excluding hydrogens is 358 g/mol. The Morgan fingerprint density at radius 2 is 1.96 bits per heavy atom. The third-order valence-corrected chi connectivity index (χ3v) is 4.91. The molecular formula is C20H19N5O3. The molecule has 0 saturated heterocycles. The van der Waals surface area contributed by atoms with Crippen molar-refractivity contribution in [3.63, 3.8) is 0 Å². The normalized spacial score (nSPS) is 12.4. The summed E-state index contributed by atoms with van der Waals surface area (Å²) >= 11 is 0. The fourth-order valence-corrected chi connectivity index (χ4v) is 3.26. The molecule has 1 amide bonds. The number of anilines is 1. The van der Waals surface area contributed by atoms with Gasteiger partial charge in [0.05, 0.1) is 22.1 Å². The Labute approximate surface area is 159 Å². The molecule has 4 aromatic rings. The number of aromatic nitrogens is 4. The van der Waals surface area contributed by atoms with Crippen LogP contribution in [-0.4, -0.2) is 37.4 Å². The largest absolute Gasteiger partial charge is 0.465 e. The summed E-state index contributed by atoms with van der Waals surface area (Å²) in [7, 11) is 0. The molecule has 1 unspecified atom stereocenters. The molecule has 8 heteroatoms. The van der Waals surface area contributed by atoms with Gasteiger partial charge in [-0.3, -0.25) is 4.79 Å². The number of carbonyl (C=O) groups is 1. The molecule has 0 aliphatic carbocycles. The van der Waals surface area contributed by atoms with E-state index < -0.39 is 6.09 Å². The zero-order valence-electron chi connectivity index (χ0n) is 15.4. The summed E-state index contributed by atoms with van der Waals surface area (Å²) in [5.74, 6) is 0.285. The zero-order chi connectivity index (χ0) is 19.8. The summed E-state index contributed by atoms with van der Waals surface area (Å²) in [6.07, 6.45) is -0.385. The first-order valence-electron chi connectivity index (χ1n) is 8.99. The molecule has 0 radical (unpaired) electrons. The fraction of sp³-hybridized carbons (Fsp3) is 0.200. The van der Waals surface area contributed by atoms with Crippen molar-refractivity contribution < 1.29 is 9.90 Å². The van der Waals surface area contributed by atoms with Gasteiger partial charge in [0.1, 0.15) is 0 Å². The Morgan fingerprint density at radius 1 is 1.21 bits per heavy atom. The Morgan fingerprint density at radius 3 is 2.68 bits per heavy atom. The number of nitrogens with one attached hydrogen (secondary N) is 2. The van der Waals surface area contributed by atoms with Crippen LogP contribution in [0.4, 0.5) is 10.7 Å². The highest BCUT2D eigenvalue weighted by molar-refractivity contribution is 5.96. The second kappa shape index (κ2) is 6.80. The molecule has 28 heavy (non-hydrogen) atoms. The minimum absolute atomic E-state index is 0.206. The van der Waals surface area contributed by atoms with Gasteiger partial charge in [0.15, 0.2) is 0 Å². The van der Waals surface area contributed by atoms with Crippen LogP contribution in [0, 0.1) is 0 Å². The van der Waals surface area contributed by atoms with E-state index in [0.717, 1.165) is 16.5 Å². The maximum atomic E-state index is 12.0. The van der Waals surface area contributed by atoms with E-state index in [-0.39, 0.29) is 17.5 Å². The lowest BCUT2D eigenvalue weighted by Gasteiger charge is -2.22. The van der Waals surface area contributed by atoms with Gasteiger partial charge in [0.25, 0.3) is 5.56 Å². The van der Waals surface area contributed by atoms with Crippen LogP contribution in [0.1, 0.15) is 20.3 Å². The number of amides is 1. The third kappa shape index (κ3) is 2.88. The van der Waals surface area contributed by atoms with Gasteiger partial charge in [-0.2, -0.15) is 5.10 Å². The van der Waals surface area contributed by atoms with Gasteiger partial charge < -0.3 is 10.1 Å². The van der Waals surface area contributed by atoms with E-state index in [1.54, 1.807) is 12.1 Å². The Balaban J connectivity index is 1.85. The number of fused-ring (bicyclic) bond motifs is 2. The van der Waals surface area contributed by atoms with E-state index in [1.807, 2.05) is 44.2 Å². The minimum Gasteiger partial charge on any atom is -0.465 e. The second-order valence-electron chi connectivity index (χ2n) is 6.65. The number of carboxylic acid groups (broad SMARTS) is 1.